The highest BCUT2D eigenvalue weighted by Gasteiger charge is 2.13. The molecule has 0 saturated heterocycles. The number of halogens is 1. The van der Waals surface area contributed by atoms with Crippen LogP contribution in [0, 0.1) is 6.92 Å². The van der Waals surface area contributed by atoms with Gasteiger partial charge in [-0.2, -0.15) is 0 Å². The minimum atomic E-state index is 0.550. The van der Waals surface area contributed by atoms with Gasteiger partial charge >= 0.3 is 0 Å². The Labute approximate surface area is 128 Å². The Hall–Kier alpha value is -1.81. The average molecular weight is 304 g/mol. The first-order chi connectivity index (χ1) is 10.2. The number of aryl methyl sites for hydroxylation is 3. The maximum atomic E-state index is 5.90. The number of aromatic nitrogens is 3. The first-order valence-corrected chi connectivity index (χ1v) is 7.70. The van der Waals surface area contributed by atoms with E-state index in [9.17, 15) is 0 Å². The van der Waals surface area contributed by atoms with Crippen LogP contribution < -0.4 is 0 Å². The van der Waals surface area contributed by atoms with Crippen molar-refractivity contribution < 1.29 is 4.42 Å². The summed E-state index contributed by atoms with van der Waals surface area (Å²) in [5, 5.41) is 0. The van der Waals surface area contributed by atoms with Gasteiger partial charge in [-0.05, 0) is 24.6 Å². The molecular formula is C16H18ClN3O. The van der Waals surface area contributed by atoms with Gasteiger partial charge in [0.2, 0.25) is 5.89 Å². The van der Waals surface area contributed by atoms with Crippen molar-refractivity contribution in [2.75, 3.05) is 5.88 Å². The topological polar surface area (TPSA) is 43.9 Å². The van der Waals surface area contributed by atoms with Crippen molar-refractivity contribution in [2.24, 2.45) is 0 Å². The van der Waals surface area contributed by atoms with Crippen LogP contribution in [-0.4, -0.2) is 20.4 Å². The van der Waals surface area contributed by atoms with E-state index in [1.54, 1.807) is 6.20 Å². The minimum Gasteiger partial charge on any atom is -0.444 e. The third kappa shape index (κ3) is 2.81. The number of alkyl halides is 1. The molecule has 0 aliphatic carbocycles. The Morgan fingerprint density at radius 1 is 1.33 bits per heavy atom. The number of benzene rings is 1. The molecule has 1 aromatic carbocycles. The summed E-state index contributed by atoms with van der Waals surface area (Å²) in [6.45, 7) is 4.71. The predicted molar refractivity (Wildman–Crippen MR) is 83.9 cm³/mol. The van der Waals surface area contributed by atoms with Crippen molar-refractivity contribution in [1.29, 1.82) is 0 Å². The highest BCUT2D eigenvalue weighted by atomic mass is 35.5. The van der Waals surface area contributed by atoms with E-state index in [0.29, 0.717) is 18.3 Å². The lowest BCUT2D eigenvalue weighted by molar-refractivity contribution is 0.445. The molecule has 0 unspecified atom stereocenters. The Morgan fingerprint density at radius 3 is 2.90 bits per heavy atom. The van der Waals surface area contributed by atoms with E-state index in [4.69, 9.17) is 21.0 Å². The first-order valence-electron chi connectivity index (χ1n) is 7.16. The molecule has 0 N–H and O–H groups in total. The SMILES string of the molecule is CCc1cnc(Cn2c(CCCl)nc3cc(C)ccc32)o1. The first kappa shape index (κ1) is 14.1. The van der Waals surface area contributed by atoms with Gasteiger partial charge in [0.25, 0.3) is 0 Å². The average Bonchev–Trinajstić information content (AvgIpc) is 3.05. The molecule has 3 rings (SSSR count). The van der Waals surface area contributed by atoms with E-state index >= 15 is 0 Å². The fourth-order valence-corrected chi connectivity index (χ4v) is 2.63. The van der Waals surface area contributed by atoms with Gasteiger partial charge in [-0.3, -0.25) is 0 Å². The molecule has 5 heteroatoms. The molecule has 3 aromatic rings. The van der Waals surface area contributed by atoms with Gasteiger partial charge in [-0.15, -0.1) is 11.6 Å². The van der Waals surface area contributed by atoms with Crippen molar-refractivity contribution in [2.45, 2.75) is 33.2 Å². The summed E-state index contributed by atoms with van der Waals surface area (Å²) in [7, 11) is 0. The highest BCUT2D eigenvalue weighted by molar-refractivity contribution is 6.17. The normalized spacial score (nSPS) is 11.4. The fourth-order valence-electron chi connectivity index (χ4n) is 2.46. The summed E-state index contributed by atoms with van der Waals surface area (Å²) in [5.41, 5.74) is 3.29. The second-order valence-corrected chi connectivity index (χ2v) is 5.50. The van der Waals surface area contributed by atoms with Crippen molar-refractivity contribution in [3.8, 4) is 0 Å². The molecule has 2 aromatic heterocycles. The van der Waals surface area contributed by atoms with E-state index in [1.165, 1.54) is 5.56 Å². The Morgan fingerprint density at radius 2 is 2.19 bits per heavy atom. The number of hydrogen-bond donors (Lipinski definition) is 0. The number of imidazole rings is 1. The van der Waals surface area contributed by atoms with Crippen LogP contribution >= 0.6 is 11.6 Å². The maximum absolute atomic E-state index is 5.90. The van der Waals surface area contributed by atoms with Gasteiger partial charge in [0.05, 0.1) is 17.2 Å². The maximum Gasteiger partial charge on any atom is 0.214 e. The van der Waals surface area contributed by atoms with E-state index in [1.807, 2.05) is 0 Å². The molecule has 0 aliphatic heterocycles. The second-order valence-electron chi connectivity index (χ2n) is 5.12. The van der Waals surface area contributed by atoms with Gasteiger partial charge in [0.15, 0.2) is 0 Å². The second kappa shape index (κ2) is 5.90. The van der Waals surface area contributed by atoms with Crippen LogP contribution in [0.25, 0.3) is 11.0 Å². The summed E-state index contributed by atoms with van der Waals surface area (Å²) >= 11 is 5.90. The molecule has 21 heavy (non-hydrogen) atoms. The monoisotopic (exact) mass is 303 g/mol. The lowest BCUT2D eigenvalue weighted by Crippen LogP contribution is -2.06. The number of nitrogens with zero attached hydrogens (tertiary/aromatic N) is 3. The molecular weight excluding hydrogens is 286 g/mol. The van der Waals surface area contributed by atoms with Crippen LogP contribution in [0.4, 0.5) is 0 Å². The highest BCUT2D eigenvalue weighted by Crippen LogP contribution is 2.20. The van der Waals surface area contributed by atoms with Crippen molar-refractivity contribution in [3.63, 3.8) is 0 Å². The zero-order valence-corrected chi connectivity index (χ0v) is 13.0. The van der Waals surface area contributed by atoms with Crippen LogP contribution in [0.2, 0.25) is 0 Å². The summed E-state index contributed by atoms with van der Waals surface area (Å²) in [6.07, 6.45) is 3.38. The molecule has 0 saturated carbocycles. The Kier molecular flexibility index (Phi) is 3.97. The van der Waals surface area contributed by atoms with Crippen LogP contribution in [0.5, 0.6) is 0 Å². The largest absolute Gasteiger partial charge is 0.444 e. The zero-order valence-electron chi connectivity index (χ0n) is 12.3. The van der Waals surface area contributed by atoms with Crippen LogP contribution in [-0.2, 0) is 19.4 Å². The van der Waals surface area contributed by atoms with Crippen LogP contribution in [0.3, 0.4) is 0 Å². The molecule has 4 nitrogen and oxygen atoms in total. The molecule has 0 bridgehead atoms. The van der Waals surface area contributed by atoms with E-state index in [-0.39, 0.29) is 0 Å². The predicted octanol–water partition coefficient (Wildman–Crippen LogP) is 3.72. The van der Waals surface area contributed by atoms with Crippen molar-refractivity contribution >= 4 is 22.6 Å². The molecule has 0 fully saturated rings. The van der Waals surface area contributed by atoms with Gasteiger partial charge in [0.1, 0.15) is 18.1 Å². The van der Waals surface area contributed by atoms with Gasteiger partial charge in [-0.25, -0.2) is 9.97 Å². The minimum absolute atomic E-state index is 0.550. The lowest BCUT2D eigenvalue weighted by Gasteiger charge is -2.06. The molecule has 2 heterocycles. The van der Waals surface area contributed by atoms with E-state index < -0.39 is 0 Å². The molecule has 0 spiro atoms. The summed E-state index contributed by atoms with van der Waals surface area (Å²) in [6, 6.07) is 6.29. The van der Waals surface area contributed by atoms with E-state index in [2.05, 4.69) is 41.6 Å². The quantitative estimate of drug-likeness (QED) is 0.675. The number of rotatable bonds is 5. The zero-order chi connectivity index (χ0) is 14.8. The number of hydrogen-bond acceptors (Lipinski definition) is 3. The van der Waals surface area contributed by atoms with Crippen LogP contribution in [0.1, 0.15) is 30.0 Å². The third-order valence-corrected chi connectivity index (χ3v) is 3.73. The Balaban J connectivity index is 2.03. The third-order valence-electron chi connectivity index (χ3n) is 3.54. The molecule has 0 atom stereocenters. The summed E-state index contributed by atoms with van der Waals surface area (Å²) in [4.78, 5) is 9.03. The van der Waals surface area contributed by atoms with Crippen molar-refractivity contribution in [3.05, 3.63) is 47.4 Å². The Bertz CT molecular complexity index is 760. The smallest absolute Gasteiger partial charge is 0.214 e. The summed E-state index contributed by atoms with van der Waals surface area (Å²) < 4.78 is 7.86. The molecule has 110 valence electrons. The molecule has 0 radical (unpaired) electrons. The standard InChI is InChI=1S/C16H18ClN3O/c1-3-12-9-18-16(21-12)10-20-14-5-4-11(2)8-13(14)19-15(20)6-7-17/h4-5,8-9H,3,6-7,10H2,1-2H3. The fraction of sp³-hybridized carbons (Fsp3) is 0.375. The number of oxazole rings is 1. The lowest BCUT2D eigenvalue weighted by atomic mass is 10.2. The molecule has 0 aliphatic rings. The van der Waals surface area contributed by atoms with Crippen molar-refractivity contribution in [1.82, 2.24) is 14.5 Å². The summed E-state index contributed by atoms with van der Waals surface area (Å²) in [5.74, 6) is 3.14. The number of fused-ring (bicyclic) bond motifs is 1. The van der Waals surface area contributed by atoms with Gasteiger partial charge in [-0.1, -0.05) is 13.0 Å². The van der Waals surface area contributed by atoms with Crippen LogP contribution in [0.15, 0.2) is 28.8 Å². The van der Waals surface area contributed by atoms with E-state index in [0.717, 1.165) is 35.5 Å². The van der Waals surface area contributed by atoms with Gasteiger partial charge in [0, 0.05) is 18.7 Å². The van der Waals surface area contributed by atoms with Gasteiger partial charge < -0.3 is 8.98 Å². The molecule has 0 amide bonds.